The van der Waals surface area contributed by atoms with E-state index in [1.54, 1.807) is 0 Å². The number of rotatable bonds is 8. The summed E-state index contributed by atoms with van der Waals surface area (Å²) in [6.45, 7) is 17.6. The summed E-state index contributed by atoms with van der Waals surface area (Å²) in [7, 11) is 0. The lowest BCUT2D eigenvalue weighted by Crippen LogP contribution is -2.68. The molecular weight excluding hydrogens is 977 g/mol. The van der Waals surface area contributed by atoms with E-state index in [0.29, 0.717) is 97.4 Å². The molecule has 0 unspecified atom stereocenters. The van der Waals surface area contributed by atoms with E-state index in [1.165, 1.54) is 0 Å². The first-order chi connectivity index (χ1) is 36.8. The number of nitrogens with one attached hydrogen (secondary N) is 2. The van der Waals surface area contributed by atoms with Crippen molar-refractivity contribution in [2.24, 2.45) is 0 Å². The van der Waals surface area contributed by atoms with Gasteiger partial charge in [-0.05, 0) is 131 Å². The highest BCUT2D eigenvalue weighted by Crippen LogP contribution is 2.58. The highest BCUT2D eigenvalue weighted by Gasteiger charge is 2.65. The van der Waals surface area contributed by atoms with Gasteiger partial charge in [0.2, 0.25) is 23.0 Å². The maximum absolute atomic E-state index is 7.25. The Hall–Kier alpha value is -6.48. The second-order valence-corrected chi connectivity index (χ2v) is 21.9. The second-order valence-electron chi connectivity index (χ2n) is 21.9. The van der Waals surface area contributed by atoms with Crippen LogP contribution in [0.3, 0.4) is 0 Å². The Morgan fingerprint density at radius 3 is 0.789 bits per heavy atom. The summed E-state index contributed by atoms with van der Waals surface area (Å²) < 4.78 is 82.2. The monoisotopic (exact) mass is 1040 g/mol. The first kappa shape index (κ1) is 49.1. The maximum atomic E-state index is 7.25. The van der Waals surface area contributed by atoms with Crippen molar-refractivity contribution in [1.29, 1.82) is 0 Å². The molecule has 4 atom stereocenters. The maximum Gasteiger partial charge on any atom is 0.277 e. The Bertz CT molecular complexity index is 2840. The number of fused-ring (bicyclic) bond motifs is 22. The number of hydrogen-bond donors (Lipinski definition) is 2. The fourth-order valence-corrected chi connectivity index (χ4v) is 11.7. The van der Waals surface area contributed by atoms with Crippen molar-refractivity contribution >= 4 is 22.6 Å². The molecule has 5 aromatic rings. The molecule has 0 saturated carbocycles. The fraction of sp³-hybridized carbons (Fsp3) is 0.571. The van der Waals surface area contributed by atoms with Gasteiger partial charge < -0.3 is 66.8 Å². The first-order valence-electron chi connectivity index (χ1n) is 27.4. The molecule has 4 saturated heterocycles. The molecule has 3 aromatic heterocycles. The van der Waals surface area contributed by atoms with Crippen LogP contribution in [0.25, 0.3) is 68.1 Å². The minimum atomic E-state index is -1.29. The molecular formula is C56H66N8O12. The molecule has 2 aromatic carbocycles. The highest BCUT2D eigenvalue weighted by atomic mass is 16.8. The quantitative estimate of drug-likeness (QED) is 0.144. The van der Waals surface area contributed by atoms with Gasteiger partial charge in [0.15, 0.2) is 45.9 Å². The number of benzene rings is 2. The zero-order valence-electron chi connectivity index (χ0n) is 44.5. The van der Waals surface area contributed by atoms with E-state index in [2.05, 4.69) is 9.97 Å². The third-order valence-corrected chi connectivity index (χ3v) is 14.8. The van der Waals surface area contributed by atoms with Gasteiger partial charge in [0.1, 0.15) is 23.0 Å². The van der Waals surface area contributed by atoms with Gasteiger partial charge in [0, 0.05) is 25.7 Å². The van der Waals surface area contributed by atoms with Crippen molar-refractivity contribution in [2.45, 2.75) is 180 Å². The molecule has 8 aliphatic heterocycles. The summed E-state index contributed by atoms with van der Waals surface area (Å²) in [6, 6.07) is 7.51. The van der Waals surface area contributed by atoms with Gasteiger partial charge in [-0.1, -0.05) is 0 Å². The summed E-state index contributed by atoms with van der Waals surface area (Å²) in [6.07, 6.45) is 8.00. The van der Waals surface area contributed by atoms with E-state index >= 15 is 0 Å². The SMILES string of the molecule is CC(C)Oc1ccc(OC(C)C)c2c1-c1nc-2nc2[nH]c(nc3nc(nc4[nH]c(n1)c1c4O[C@]4(CCCCO4)[C@@]4(CCCCO4)O1)-c1c(OC(C)C)ccc(OC(C)C)c1-3)c1c2O[C@]2(CCCCO2)[C@@]2(CCCCO2)O1. The van der Waals surface area contributed by atoms with Crippen LogP contribution in [0.2, 0.25) is 0 Å². The number of aromatic nitrogens is 8. The lowest BCUT2D eigenvalue weighted by Gasteiger charge is -2.53. The van der Waals surface area contributed by atoms with E-state index in [9.17, 15) is 0 Å². The van der Waals surface area contributed by atoms with Gasteiger partial charge >= 0.3 is 0 Å². The van der Waals surface area contributed by atoms with E-state index in [0.717, 1.165) is 51.4 Å². The Kier molecular flexibility index (Phi) is 12.0. The second kappa shape index (κ2) is 18.6. The zero-order chi connectivity index (χ0) is 52.1. The van der Waals surface area contributed by atoms with Crippen LogP contribution < -0.4 is 37.9 Å². The molecule has 0 aliphatic carbocycles. The predicted molar refractivity (Wildman–Crippen MR) is 277 cm³/mol. The van der Waals surface area contributed by atoms with Crippen molar-refractivity contribution in [3.63, 3.8) is 0 Å². The molecule has 8 bridgehead atoms. The number of nitrogens with zero attached hydrogens (tertiary/aromatic N) is 6. The molecule has 76 heavy (non-hydrogen) atoms. The molecule has 13 rings (SSSR count). The molecule has 0 radical (unpaired) electrons. The average Bonchev–Trinajstić information content (AvgIpc) is 4.18. The van der Waals surface area contributed by atoms with Crippen molar-refractivity contribution in [3.8, 4) is 91.5 Å². The van der Waals surface area contributed by atoms with Gasteiger partial charge in [-0.15, -0.1) is 0 Å². The molecule has 20 nitrogen and oxygen atoms in total. The van der Waals surface area contributed by atoms with Crippen LogP contribution in [0.15, 0.2) is 24.3 Å². The highest BCUT2D eigenvalue weighted by molar-refractivity contribution is 5.94. The predicted octanol–water partition coefficient (Wildman–Crippen LogP) is 10.8. The van der Waals surface area contributed by atoms with Crippen LogP contribution in [-0.4, -0.2) is 114 Å². The molecule has 2 N–H and O–H groups in total. The van der Waals surface area contributed by atoms with Crippen LogP contribution in [0, 0.1) is 0 Å². The number of H-pyrrole nitrogens is 2. The van der Waals surface area contributed by atoms with Gasteiger partial charge in [-0.3, -0.25) is 0 Å². The lowest BCUT2D eigenvalue weighted by molar-refractivity contribution is -0.391. The Morgan fingerprint density at radius 2 is 0.592 bits per heavy atom. The molecule has 11 heterocycles. The zero-order valence-corrected chi connectivity index (χ0v) is 44.5. The van der Waals surface area contributed by atoms with Crippen LogP contribution in [-0.2, 0) is 18.9 Å². The smallest absolute Gasteiger partial charge is 0.277 e. The van der Waals surface area contributed by atoms with Crippen molar-refractivity contribution in [2.75, 3.05) is 26.4 Å². The van der Waals surface area contributed by atoms with Gasteiger partial charge in [0.25, 0.3) is 23.1 Å². The van der Waals surface area contributed by atoms with Gasteiger partial charge in [-0.25, -0.2) is 29.9 Å². The van der Waals surface area contributed by atoms with Crippen molar-refractivity contribution < 1.29 is 56.8 Å². The van der Waals surface area contributed by atoms with E-state index in [-0.39, 0.29) is 93.3 Å². The van der Waals surface area contributed by atoms with E-state index in [4.69, 9.17) is 86.7 Å². The van der Waals surface area contributed by atoms with E-state index < -0.39 is 23.1 Å². The molecule has 4 fully saturated rings. The topological polar surface area (TPSA) is 220 Å². The minimum absolute atomic E-state index is 0.223. The average molecular weight is 1040 g/mol. The van der Waals surface area contributed by atoms with Crippen LogP contribution in [0.5, 0.6) is 46.0 Å². The summed E-state index contributed by atoms with van der Waals surface area (Å²) >= 11 is 0. The van der Waals surface area contributed by atoms with Crippen molar-refractivity contribution in [3.05, 3.63) is 24.3 Å². The van der Waals surface area contributed by atoms with Crippen LogP contribution in [0.1, 0.15) is 132 Å². The fourth-order valence-electron chi connectivity index (χ4n) is 11.7. The van der Waals surface area contributed by atoms with E-state index in [1.807, 2.05) is 79.7 Å². The Balaban J connectivity index is 1.17. The third-order valence-electron chi connectivity index (χ3n) is 14.8. The Labute approximate surface area is 440 Å². The standard InChI is InChI=1S/C56H66N8O12/c1-29(2)69-33-17-18-34(70-30(3)4)38-37(33)45-57-46(38)60-50-43-44(76-56(24-12-16-28-68-56)55(75-43)23-11-15-27-67-55)52(64-50)62-48-40-36(72-32(7)8)20-19-35(71-31(5)6)39(40)47(58-48)61-51-42-41(49(59-45)63-51)73-53(21-9-13-25-65-53)54(74-42)22-10-14-26-66-54/h17-20,29-32H,9-16,21-28H2,1-8H3,(H2,57,58,59,60,61,62,63,64)/t53-,54-,55-,56-/m1/s1. The van der Waals surface area contributed by atoms with Crippen LogP contribution in [0.4, 0.5) is 0 Å². The summed E-state index contributed by atoms with van der Waals surface area (Å²) in [4.78, 5) is 39.1. The summed E-state index contributed by atoms with van der Waals surface area (Å²) in [5.41, 5.74) is 3.22. The molecule has 402 valence electrons. The van der Waals surface area contributed by atoms with Crippen LogP contribution >= 0.6 is 0 Å². The van der Waals surface area contributed by atoms with Crippen molar-refractivity contribution in [1.82, 2.24) is 39.9 Å². The van der Waals surface area contributed by atoms with Gasteiger partial charge in [0.05, 0.1) is 73.1 Å². The summed E-state index contributed by atoms with van der Waals surface area (Å²) in [5.74, 6) is -1.00. The molecule has 20 heteroatoms. The largest absolute Gasteiger partial charge is 0.490 e. The number of ether oxygens (including phenoxy) is 12. The molecule has 0 amide bonds. The number of aromatic amines is 2. The molecule has 4 spiro atoms. The minimum Gasteiger partial charge on any atom is -0.490 e. The number of hydrogen-bond acceptors (Lipinski definition) is 18. The normalized spacial score (nSPS) is 25.4. The Morgan fingerprint density at radius 1 is 0.355 bits per heavy atom. The lowest BCUT2D eigenvalue weighted by atomic mass is 9.89. The summed E-state index contributed by atoms with van der Waals surface area (Å²) in [5, 5.41) is 0. The third kappa shape index (κ3) is 7.98. The van der Waals surface area contributed by atoms with Gasteiger partial charge in [-0.2, -0.15) is 0 Å². The first-order valence-corrected chi connectivity index (χ1v) is 27.4. The molecule has 8 aliphatic rings.